The second kappa shape index (κ2) is 11.5. The average molecular weight is 435 g/mol. The highest BCUT2D eigenvalue weighted by Gasteiger charge is 2.14. The van der Waals surface area contributed by atoms with E-state index in [9.17, 15) is 0 Å². The van der Waals surface area contributed by atoms with Gasteiger partial charge in [0.1, 0.15) is 5.75 Å². The quantitative estimate of drug-likeness (QED) is 0.284. The number of halogens is 1. The molecule has 1 aliphatic rings. The second-order valence-corrected chi connectivity index (χ2v) is 5.19. The molecule has 23 heavy (non-hydrogen) atoms. The number of ether oxygens (including phenoxy) is 3. The molecule has 2 rings (SSSR count). The van der Waals surface area contributed by atoms with Crippen LogP contribution in [0.1, 0.15) is 19.3 Å². The zero-order valence-corrected chi connectivity index (χ0v) is 15.8. The van der Waals surface area contributed by atoms with Gasteiger partial charge in [0.2, 0.25) is 0 Å². The van der Waals surface area contributed by atoms with Gasteiger partial charge in [0.05, 0.1) is 19.8 Å². The molecule has 0 spiro atoms. The third-order valence-electron chi connectivity index (χ3n) is 3.40. The average Bonchev–Trinajstić information content (AvgIpc) is 3.04. The summed E-state index contributed by atoms with van der Waals surface area (Å²) < 4.78 is 16.2. The summed E-state index contributed by atoms with van der Waals surface area (Å²) in [6.45, 7) is 2.86. The van der Waals surface area contributed by atoms with Crippen LogP contribution in [0.5, 0.6) is 5.75 Å². The zero-order valence-electron chi connectivity index (χ0n) is 13.5. The van der Waals surface area contributed by atoms with Crippen LogP contribution >= 0.6 is 24.0 Å². The monoisotopic (exact) mass is 435 g/mol. The van der Waals surface area contributed by atoms with Crippen molar-refractivity contribution in [3.8, 4) is 5.75 Å². The van der Waals surface area contributed by atoms with Gasteiger partial charge in [-0.3, -0.25) is 4.99 Å². The summed E-state index contributed by atoms with van der Waals surface area (Å²) in [4.78, 5) is 4.28. The molecule has 1 saturated heterocycles. The third kappa shape index (κ3) is 7.85. The Balaban J connectivity index is 0.00000264. The van der Waals surface area contributed by atoms with E-state index in [0.717, 1.165) is 37.3 Å². The highest BCUT2D eigenvalue weighted by molar-refractivity contribution is 14.0. The van der Waals surface area contributed by atoms with Gasteiger partial charge < -0.3 is 25.3 Å². The van der Waals surface area contributed by atoms with Gasteiger partial charge >= 0.3 is 0 Å². The van der Waals surface area contributed by atoms with Crippen molar-refractivity contribution in [1.29, 1.82) is 0 Å². The fourth-order valence-electron chi connectivity index (χ4n) is 2.24. The van der Waals surface area contributed by atoms with Gasteiger partial charge in [-0.15, -0.1) is 24.0 Å². The Kier molecular flexibility index (Phi) is 9.97. The van der Waals surface area contributed by atoms with E-state index in [1.807, 2.05) is 24.3 Å². The maximum Gasteiger partial charge on any atom is 0.193 e. The number of anilines is 1. The lowest BCUT2D eigenvalue weighted by Gasteiger charge is -2.09. The highest BCUT2D eigenvalue weighted by Crippen LogP contribution is 2.16. The number of aliphatic imine (C=N–C) groups is 1. The summed E-state index contributed by atoms with van der Waals surface area (Å²) in [6, 6.07) is 7.56. The van der Waals surface area contributed by atoms with Gasteiger partial charge in [0.25, 0.3) is 0 Å². The number of methoxy groups -OCH3 is 1. The van der Waals surface area contributed by atoms with Crippen molar-refractivity contribution in [3.05, 3.63) is 24.3 Å². The summed E-state index contributed by atoms with van der Waals surface area (Å²) in [6.07, 6.45) is 3.37. The van der Waals surface area contributed by atoms with Crippen LogP contribution in [0, 0.1) is 0 Å². The maximum absolute atomic E-state index is 5.85. The molecule has 1 aliphatic heterocycles. The molecule has 0 radical (unpaired) electrons. The fourth-order valence-corrected chi connectivity index (χ4v) is 2.24. The Morgan fingerprint density at radius 1 is 1.48 bits per heavy atom. The number of guanidine groups is 1. The predicted molar refractivity (Wildman–Crippen MR) is 103 cm³/mol. The van der Waals surface area contributed by atoms with Crippen LogP contribution in [0.4, 0.5) is 5.69 Å². The smallest absolute Gasteiger partial charge is 0.193 e. The van der Waals surface area contributed by atoms with Crippen LogP contribution in [0.3, 0.4) is 0 Å². The van der Waals surface area contributed by atoms with Crippen molar-refractivity contribution in [2.45, 2.75) is 25.4 Å². The van der Waals surface area contributed by atoms with E-state index in [2.05, 4.69) is 10.3 Å². The molecule has 0 aliphatic carbocycles. The molecule has 3 N–H and O–H groups in total. The first-order valence-corrected chi connectivity index (χ1v) is 7.68. The topological polar surface area (TPSA) is 78.1 Å². The van der Waals surface area contributed by atoms with Crippen molar-refractivity contribution in [2.24, 2.45) is 10.7 Å². The summed E-state index contributed by atoms with van der Waals surface area (Å²) in [5.74, 6) is 1.17. The molecule has 1 unspecified atom stereocenters. The Labute approximate surface area is 154 Å². The summed E-state index contributed by atoms with van der Waals surface area (Å²) >= 11 is 0. The molecule has 130 valence electrons. The van der Waals surface area contributed by atoms with E-state index >= 15 is 0 Å². The molecule has 1 heterocycles. The van der Waals surface area contributed by atoms with Gasteiger partial charge in [-0.2, -0.15) is 0 Å². The van der Waals surface area contributed by atoms with Crippen LogP contribution in [0.15, 0.2) is 29.3 Å². The normalized spacial score (nSPS) is 17.6. The number of nitrogens with one attached hydrogen (secondary N) is 1. The first-order valence-electron chi connectivity index (χ1n) is 7.68. The lowest BCUT2D eigenvalue weighted by atomic mass is 10.2. The van der Waals surface area contributed by atoms with E-state index < -0.39 is 0 Å². The standard InChI is InChI=1S/C16H25N3O3.HI/c1-20-14-6-2-5-13(11-14)19-16(17)18-8-4-9-21-12-15-7-3-10-22-15;/h2,5-6,11,15H,3-4,7-10,12H2,1H3,(H3,17,18,19);1H. The number of hydrogen-bond acceptors (Lipinski definition) is 4. The van der Waals surface area contributed by atoms with E-state index in [4.69, 9.17) is 19.9 Å². The number of nitrogens with zero attached hydrogens (tertiary/aromatic N) is 1. The molecule has 1 aromatic carbocycles. The van der Waals surface area contributed by atoms with Crippen LogP contribution in [0.25, 0.3) is 0 Å². The van der Waals surface area contributed by atoms with Crippen molar-refractivity contribution >= 4 is 35.6 Å². The first kappa shape index (κ1) is 20.0. The second-order valence-electron chi connectivity index (χ2n) is 5.19. The van der Waals surface area contributed by atoms with Crippen LogP contribution in [-0.4, -0.2) is 45.5 Å². The van der Waals surface area contributed by atoms with Gasteiger partial charge in [-0.25, -0.2) is 0 Å². The third-order valence-corrected chi connectivity index (χ3v) is 3.40. The van der Waals surface area contributed by atoms with Gasteiger partial charge in [0.15, 0.2) is 5.96 Å². The summed E-state index contributed by atoms with van der Waals surface area (Å²) in [7, 11) is 1.63. The number of hydrogen-bond donors (Lipinski definition) is 2. The minimum Gasteiger partial charge on any atom is -0.497 e. The van der Waals surface area contributed by atoms with Crippen molar-refractivity contribution in [3.63, 3.8) is 0 Å². The molecule has 0 bridgehead atoms. The van der Waals surface area contributed by atoms with Gasteiger partial charge in [-0.05, 0) is 31.4 Å². The van der Waals surface area contributed by atoms with Crippen molar-refractivity contribution in [2.75, 3.05) is 38.8 Å². The summed E-state index contributed by atoms with van der Waals surface area (Å²) in [5, 5.41) is 3.04. The predicted octanol–water partition coefficient (Wildman–Crippen LogP) is 2.63. The number of nitrogens with two attached hydrogens (primary N) is 1. The minimum absolute atomic E-state index is 0. The summed E-state index contributed by atoms with van der Waals surface area (Å²) in [5.41, 5.74) is 6.71. The largest absolute Gasteiger partial charge is 0.497 e. The maximum atomic E-state index is 5.85. The number of benzene rings is 1. The van der Waals surface area contributed by atoms with E-state index in [0.29, 0.717) is 25.7 Å². The Hall–Kier alpha value is -1.06. The van der Waals surface area contributed by atoms with Crippen molar-refractivity contribution < 1.29 is 14.2 Å². The van der Waals surface area contributed by atoms with Gasteiger partial charge in [0, 0.05) is 31.5 Å². The molecule has 0 saturated carbocycles. The Morgan fingerprint density at radius 2 is 2.35 bits per heavy atom. The highest BCUT2D eigenvalue weighted by atomic mass is 127. The van der Waals surface area contributed by atoms with Crippen molar-refractivity contribution in [1.82, 2.24) is 0 Å². The minimum atomic E-state index is 0. The zero-order chi connectivity index (χ0) is 15.6. The molecule has 0 amide bonds. The SMILES string of the molecule is COc1cccc(NC(N)=NCCCOCC2CCCO2)c1.I. The van der Waals surface area contributed by atoms with Crippen LogP contribution in [0.2, 0.25) is 0 Å². The molecular weight excluding hydrogens is 409 g/mol. The van der Waals surface area contributed by atoms with Crippen LogP contribution < -0.4 is 15.8 Å². The molecular formula is C16H26IN3O3. The van der Waals surface area contributed by atoms with E-state index in [1.165, 1.54) is 0 Å². The lowest BCUT2D eigenvalue weighted by molar-refractivity contribution is 0.0171. The molecule has 6 nitrogen and oxygen atoms in total. The molecule has 0 aromatic heterocycles. The molecule has 7 heteroatoms. The molecule has 1 atom stereocenters. The lowest BCUT2D eigenvalue weighted by Crippen LogP contribution is -2.23. The molecule has 1 aromatic rings. The van der Waals surface area contributed by atoms with Gasteiger partial charge in [-0.1, -0.05) is 6.07 Å². The van der Waals surface area contributed by atoms with Crippen LogP contribution in [-0.2, 0) is 9.47 Å². The first-order chi connectivity index (χ1) is 10.8. The van der Waals surface area contributed by atoms with E-state index in [1.54, 1.807) is 7.11 Å². The van der Waals surface area contributed by atoms with E-state index in [-0.39, 0.29) is 30.1 Å². The fraction of sp³-hybridized carbons (Fsp3) is 0.562. The Morgan fingerprint density at radius 3 is 3.09 bits per heavy atom. The number of rotatable bonds is 8. The molecule has 1 fully saturated rings. The Bertz CT molecular complexity index is 479.